The Balaban J connectivity index is 1.14. The monoisotopic (exact) mass is 1430 g/mol. The Morgan fingerprint density at radius 2 is 0.696 bits per heavy atom. The van der Waals surface area contributed by atoms with Crippen LogP contribution in [0, 0.1) is 10.8 Å². The lowest BCUT2D eigenvalue weighted by molar-refractivity contribution is -0.146. The van der Waals surface area contributed by atoms with Crippen molar-refractivity contribution in [1.29, 1.82) is 10.8 Å². The van der Waals surface area contributed by atoms with E-state index in [0.29, 0.717) is 11.4 Å². The molecule has 0 aliphatic heterocycles. The van der Waals surface area contributed by atoms with Crippen molar-refractivity contribution >= 4 is 107 Å². The number of carbonyl (C=O) groups excluding carboxylic acids is 8. The second kappa shape index (κ2) is 43.0. The van der Waals surface area contributed by atoms with Gasteiger partial charge in [-0.25, -0.2) is 19.2 Å². The summed E-state index contributed by atoms with van der Waals surface area (Å²) in [5, 5.41) is 86.0. The van der Waals surface area contributed by atoms with Crippen LogP contribution in [0.1, 0.15) is 57.5 Å². The lowest BCUT2D eigenvalue weighted by atomic mass is 10.1. The van der Waals surface area contributed by atoms with Crippen molar-refractivity contribution in [3.05, 3.63) is 119 Å². The highest BCUT2D eigenvalue weighted by Gasteiger charge is 2.39. The number of carbonyl (C=O) groups is 14. The van der Waals surface area contributed by atoms with Crippen LogP contribution in [0.25, 0.3) is 0 Å². The van der Waals surface area contributed by atoms with Crippen LogP contribution in [0.3, 0.4) is 0 Å². The summed E-state index contributed by atoms with van der Waals surface area (Å²) in [6.07, 6.45) is -7.49. The predicted molar refractivity (Wildman–Crippen MR) is 346 cm³/mol. The lowest BCUT2D eigenvalue weighted by Gasteiger charge is -2.29. The average molecular weight is 1440 g/mol. The molecule has 0 radical (unpaired) electrons. The molecule has 4 atom stereocenters. The molecule has 4 aromatic rings. The van der Waals surface area contributed by atoms with E-state index in [1.165, 1.54) is 97.1 Å². The van der Waals surface area contributed by atoms with E-state index in [2.05, 4.69) is 31.9 Å². The number of carboxylic acid groups (broad SMARTS) is 6. The molecule has 0 saturated carbocycles. The number of ether oxygens (including phenoxy) is 8. The van der Waals surface area contributed by atoms with Gasteiger partial charge in [-0.3, -0.25) is 68.6 Å². The second-order valence-electron chi connectivity index (χ2n) is 21.0. The van der Waals surface area contributed by atoms with Crippen molar-refractivity contribution < 1.29 is 136 Å². The number of nitrogens with zero attached hydrogens (tertiary/aromatic N) is 2. The predicted octanol–water partition coefficient (Wildman–Crippen LogP) is -0.613. The van der Waals surface area contributed by atoms with E-state index in [1.807, 2.05) is 0 Å². The molecule has 6 amide bonds. The van der Waals surface area contributed by atoms with Crippen LogP contribution in [0.5, 0.6) is 11.5 Å². The summed E-state index contributed by atoms with van der Waals surface area (Å²) < 4.78 is 42.7. The number of esters is 2. The van der Waals surface area contributed by atoms with E-state index >= 15 is 0 Å². The smallest absolute Gasteiger partial charge is 0.411 e. The molecule has 18 N–H and O–H groups in total. The number of amides is 6. The summed E-state index contributed by atoms with van der Waals surface area (Å²) in [4.78, 5) is 177. The van der Waals surface area contributed by atoms with Gasteiger partial charge in [-0.15, -0.1) is 0 Å². The zero-order valence-corrected chi connectivity index (χ0v) is 54.0. The molecular formula is C62H74N12O28. The first-order valence-electron chi connectivity index (χ1n) is 30.2. The Kier molecular flexibility index (Phi) is 34.5. The van der Waals surface area contributed by atoms with Gasteiger partial charge in [0.25, 0.3) is 0 Å². The van der Waals surface area contributed by atoms with E-state index < -0.39 is 160 Å². The number of carboxylic acids is 6. The first kappa shape index (κ1) is 81.9. The average Bonchev–Trinajstić information content (AvgIpc) is 0.847. The molecule has 0 aliphatic carbocycles. The van der Waals surface area contributed by atoms with Gasteiger partial charge in [-0.1, -0.05) is 24.3 Å². The Morgan fingerprint density at radius 1 is 0.392 bits per heavy atom. The van der Waals surface area contributed by atoms with Gasteiger partial charge < -0.3 is 112 Å². The molecule has 0 aliphatic rings. The summed E-state index contributed by atoms with van der Waals surface area (Å²) >= 11 is 0. The van der Waals surface area contributed by atoms with Gasteiger partial charge in [0.2, 0.25) is 23.6 Å². The number of hydrogen-bond donors (Lipinski definition) is 16. The number of anilines is 2. The van der Waals surface area contributed by atoms with E-state index in [-0.39, 0.29) is 121 Å². The standard InChI is InChI=1S/C62H74N12O28/c63-59(64)69-39-9-5-37(6-10-39)57(91)101-41-13-1-35(2-14-41)33-99-61(93)73(31-51(83)84)45(29-49(79)80)55(89)71-43(27-47(75)76)53(87)67-17-19-95-21-23-97-25-26-98-24-22-96-20-18-68-54(88)44(28-48(77)78)72-56(90)46(30-50(81)82)74(32-52(85)86)62(94)100-34-36-3-15-42(16-4-36)102-58(92)38-7-11-40(12-8-38)70-60(65)66/h1-16,43-46H,17-34H2,(H,67,87)(H,68,88)(H,71,89)(H,72,90)(H,75,76)(H,77,78)(H,79,80)(H,81,82)(H,83,84)(H,85,86)(H4,63,64,69)(H4,65,66,70)/t43-,44-,45-,46-/m0/s1. The van der Waals surface area contributed by atoms with Crippen LogP contribution < -0.4 is 52.8 Å². The largest absolute Gasteiger partial charge is 0.481 e. The minimum absolute atomic E-state index is 0.0195. The van der Waals surface area contributed by atoms with E-state index in [1.54, 1.807) is 0 Å². The Hall–Kier alpha value is -12.6. The summed E-state index contributed by atoms with van der Waals surface area (Å²) in [5.41, 5.74) is 12.3. The third-order valence-corrected chi connectivity index (χ3v) is 13.2. The molecule has 0 fully saturated rings. The maximum Gasteiger partial charge on any atom is 0.411 e. The number of aliphatic carboxylic acids is 6. The maximum absolute atomic E-state index is 13.5. The van der Waals surface area contributed by atoms with Crippen molar-refractivity contribution in [2.24, 2.45) is 11.5 Å². The first-order valence-corrected chi connectivity index (χ1v) is 30.2. The molecule has 4 aromatic carbocycles. The molecule has 0 heterocycles. The normalized spacial score (nSPS) is 11.8. The SMILES string of the molecule is N=C(N)Nc1ccc(C(=O)Oc2ccc(COC(=O)N(CC(=O)O)[C@@H](CC(=O)O)C(=O)N[C@@H](CC(=O)O)C(=O)NCCOCCOCCOCCOCCNC(=O)[C@H](CC(=O)O)NC(=O)[C@H](CC(=O)O)N(CC(=O)O)C(=O)OCc3ccc(OC(=O)c4ccc(NC(=N)N)cc4)cc3)cc2)cc1. The van der Waals surface area contributed by atoms with Crippen LogP contribution >= 0.6 is 0 Å². The minimum Gasteiger partial charge on any atom is -0.481 e. The molecular weight excluding hydrogens is 1360 g/mol. The summed E-state index contributed by atoms with van der Waals surface area (Å²) in [6, 6.07) is 14.4. The molecule has 550 valence electrons. The number of benzene rings is 4. The number of hydrogen-bond acceptors (Lipinski definition) is 24. The van der Waals surface area contributed by atoms with Crippen molar-refractivity contribution in [2.75, 3.05) is 89.7 Å². The van der Waals surface area contributed by atoms with Crippen LogP contribution in [0.2, 0.25) is 0 Å². The highest BCUT2D eigenvalue weighted by Crippen LogP contribution is 2.21. The van der Waals surface area contributed by atoms with Crippen molar-refractivity contribution in [2.45, 2.75) is 63.1 Å². The van der Waals surface area contributed by atoms with Crippen LogP contribution in [0.4, 0.5) is 21.0 Å². The molecule has 40 heteroatoms. The van der Waals surface area contributed by atoms with E-state index in [4.69, 9.17) is 60.2 Å². The molecule has 40 nitrogen and oxygen atoms in total. The summed E-state index contributed by atoms with van der Waals surface area (Å²) in [6.45, 7) is -4.39. The third-order valence-electron chi connectivity index (χ3n) is 13.2. The quantitative estimate of drug-likeness (QED) is 0.00863. The lowest BCUT2D eigenvalue weighted by Crippen LogP contribution is -2.57. The minimum atomic E-state index is -2.15. The first-order chi connectivity index (χ1) is 48.5. The number of nitrogens with two attached hydrogens (primary N) is 2. The Bertz CT molecular complexity index is 3370. The zero-order chi connectivity index (χ0) is 75.3. The van der Waals surface area contributed by atoms with E-state index in [0.717, 1.165) is 0 Å². The number of nitrogens with one attached hydrogen (secondary N) is 8. The summed E-state index contributed by atoms with van der Waals surface area (Å²) in [7, 11) is 0. The molecule has 0 saturated heterocycles. The maximum atomic E-state index is 13.5. The van der Waals surface area contributed by atoms with Gasteiger partial charge in [-0.05, 0) is 83.9 Å². The fourth-order valence-corrected chi connectivity index (χ4v) is 8.51. The van der Waals surface area contributed by atoms with Gasteiger partial charge in [0.05, 0.1) is 89.7 Å². The fraction of sp³-hybridized carbons (Fsp3) is 0.355. The molecule has 102 heavy (non-hydrogen) atoms. The molecule has 0 unspecified atom stereocenters. The highest BCUT2D eigenvalue weighted by atomic mass is 16.6. The molecule has 4 rings (SSSR count). The van der Waals surface area contributed by atoms with Crippen molar-refractivity contribution in [3.63, 3.8) is 0 Å². The van der Waals surface area contributed by atoms with Crippen LogP contribution in [-0.4, -0.2) is 239 Å². The van der Waals surface area contributed by atoms with Crippen LogP contribution in [-0.2, 0) is 89.6 Å². The van der Waals surface area contributed by atoms with Gasteiger partial charge >= 0.3 is 59.9 Å². The van der Waals surface area contributed by atoms with Gasteiger partial charge in [0, 0.05) is 24.5 Å². The number of rotatable bonds is 45. The molecule has 0 aromatic heterocycles. The zero-order valence-electron chi connectivity index (χ0n) is 54.0. The summed E-state index contributed by atoms with van der Waals surface area (Å²) in [5.74, 6) is -17.0. The Labute approximate surface area is 577 Å². The van der Waals surface area contributed by atoms with Crippen molar-refractivity contribution in [1.82, 2.24) is 31.1 Å². The van der Waals surface area contributed by atoms with Gasteiger partial charge in [0.1, 0.15) is 62.0 Å². The number of guanidine groups is 2. The van der Waals surface area contributed by atoms with Crippen LogP contribution in [0.15, 0.2) is 97.1 Å². The highest BCUT2D eigenvalue weighted by molar-refractivity contribution is 5.98. The topological polar surface area (TPSA) is 613 Å². The molecule has 0 spiro atoms. The Morgan fingerprint density at radius 3 is 0.980 bits per heavy atom. The van der Waals surface area contributed by atoms with Gasteiger partial charge in [-0.2, -0.15) is 0 Å². The second-order valence-corrected chi connectivity index (χ2v) is 21.0. The fourth-order valence-electron chi connectivity index (χ4n) is 8.51. The van der Waals surface area contributed by atoms with Gasteiger partial charge in [0.15, 0.2) is 11.9 Å². The van der Waals surface area contributed by atoms with Crippen molar-refractivity contribution in [3.8, 4) is 11.5 Å². The molecule has 0 bridgehead atoms. The van der Waals surface area contributed by atoms with E-state index in [9.17, 15) is 97.8 Å². The third kappa shape index (κ3) is 31.3.